The van der Waals surface area contributed by atoms with Crippen molar-refractivity contribution in [3.05, 3.63) is 110 Å². The van der Waals surface area contributed by atoms with Crippen LogP contribution in [0.25, 0.3) is 0 Å². The van der Waals surface area contributed by atoms with Crippen LogP contribution in [0, 0.1) is 17.1 Å². The number of Topliss-reactive ketones (excluding diaryl/α,β-unsaturated/α-hetero) is 1. The fourth-order valence-corrected chi connectivity index (χ4v) is 5.47. The second-order valence-electron chi connectivity index (χ2n) is 7.51. The average molecular weight is 490 g/mol. The monoisotopic (exact) mass is 489 g/mol. The molecule has 0 bridgehead atoms. The summed E-state index contributed by atoms with van der Waals surface area (Å²) in [7, 11) is 0. The molecule has 1 atom stereocenters. The molecule has 2 aromatic carbocycles. The van der Waals surface area contributed by atoms with Gasteiger partial charge in [0.2, 0.25) is 0 Å². The lowest BCUT2D eigenvalue weighted by molar-refractivity contribution is -0.113. The number of dihydropyridines is 1. The van der Waals surface area contributed by atoms with E-state index in [0.29, 0.717) is 33.1 Å². The first-order valence-electron chi connectivity index (χ1n) is 10.4. The minimum Gasteiger partial charge on any atom is -0.353 e. The van der Waals surface area contributed by atoms with E-state index >= 15 is 0 Å². The number of hydrogen-bond donors (Lipinski definition) is 2. The van der Waals surface area contributed by atoms with Crippen molar-refractivity contribution in [1.29, 1.82) is 5.26 Å². The van der Waals surface area contributed by atoms with Gasteiger partial charge in [0.1, 0.15) is 5.82 Å². The minimum absolute atomic E-state index is 0.0646. The third kappa shape index (κ3) is 5.11. The summed E-state index contributed by atoms with van der Waals surface area (Å²) in [5.41, 5.74) is 2.50. The molecule has 2 N–H and O–H groups in total. The Bertz CT molecular complexity index is 1310. The fourth-order valence-electron chi connectivity index (χ4n) is 3.64. The topological polar surface area (TPSA) is 82.0 Å². The Hall–Kier alpha value is -3.67. The molecular formula is C26H20FN3O2S2. The van der Waals surface area contributed by atoms with Gasteiger partial charge >= 0.3 is 0 Å². The van der Waals surface area contributed by atoms with E-state index in [-0.39, 0.29) is 17.4 Å². The Morgan fingerprint density at radius 1 is 1.12 bits per heavy atom. The Morgan fingerprint density at radius 2 is 1.85 bits per heavy atom. The Balaban J connectivity index is 1.63. The highest BCUT2D eigenvalue weighted by Crippen LogP contribution is 2.42. The third-order valence-corrected chi connectivity index (χ3v) is 7.22. The van der Waals surface area contributed by atoms with Crippen molar-refractivity contribution >= 4 is 40.5 Å². The van der Waals surface area contributed by atoms with Crippen molar-refractivity contribution in [2.75, 3.05) is 11.1 Å². The lowest BCUT2D eigenvalue weighted by atomic mass is 9.86. The molecule has 1 amide bonds. The van der Waals surface area contributed by atoms with Gasteiger partial charge in [0.15, 0.2) is 5.78 Å². The summed E-state index contributed by atoms with van der Waals surface area (Å²) in [6, 6.07) is 20.5. The van der Waals surface area contributed by atoms with Crippen LogP contribution in [0.2, 0.25) is 0 Å². The summed E-state index contributed by atoms with van der Waals surface area (Å²) in [4.78, 5) is 26.8. The molecule has 0 radical (unpaired) electrons. The molecule has 3 aromatic rings. The Morgan fingerprint density at radius 3 is 2.50 bits per heavy atom. The lowest BCUT2D eigenvalue weighted by Gasteiger charge is -2.29. The predicted molar refractivity (Wildman–Crippen MR) is 134 cm³/mol. The highest BCUT2D eigenvalue weighted by Gasteiger charge is 2.35. The smallest absolute Gasteiger partial charge is 0.254 e. The molecule has 34 heavy (non-hydrogen) atoms. The number of thioether (sulfide) groups is 1. The van der Waals surface area contributed by atoms with E-state index in [4.69, 9.17) is 0 Å². The molecule has 1 unspecified atom stereocenters. The van der Waals surface area contributed by atoms with E-state index in [1.54, 1.807) is 19.1 Å². The largest absolute Gasteiger partial charge is 0.353 e. The molecule has 1 aliphatic heterocycles. The van der Waals surface area contributed by atoms with Gasteiger partial charge < -0.3 is 10.6 Å². The highest BCUT2D eigenvalue weighted by atomic mass is 32.2. The number of ketones is 1. The van der Waals surface area contributed by atoms with Crippen LogP contribution in [0.4, 0.5) is 10.1 Å². The molecule has 0 saturated heterocycles. The van der Waals surface area contributed by atoms with Crippen molar-refractivity contribution in [3.8, 4) is 6.07 Å². The molecule has 4 rings (SSSR count). The number of nitrogens with one attached hydrogen (secondary N) is 2. The number of para-hydroxylation sites is 1. The van der Waals surface area contributed by atoms with Crippen LogP contribution in [0.5, 0.6) is 0 Å². The Labute approximate surface area is 205 Å². The number of thiophene rings is 1. The molecular weight excluding hydrogens is 469 g/mol. The summed E-state index contributed by atoms with van der Waals surface area (Å²) in [5.74, 6) is -1.38. The van der Waals surface area contributed by atoms with E-state index < -0.39 is 11.7 Å². The molecule has 2 heterocycles. The van der Waals surface area contributed by atoms with E-state index in [9.17, 15) is 19.2 Å². The SMILES string of the molecule is CC1=C(C(=O)Nc2ccccc2)C(c2cccs2)C(C#N)=C(SCC(=O)c2ccc(F)cc2)N1. The van der Waals surface area contributed by atoms with Gasteiger partial charge in [-0.05, 0) is 54.8 Å². The number of nitriles is 1. The number of allylic oxidation sites excluding steroid dienone is 2. The van der Waals surface area contributed by atoms with Gasteiger partial charge in [0.05, 0.1) is 28.3 Å². The fraction of sp³-hybridized carbons (Fsp3) is 0.115. The number of nitrogens with zero attached hydrogens (tertiary/aromatic N) is 1. The zero-order valence-electron chi connectivity index (χ0n) is 18.2. The minimum atomic E-state index is -0.557. The van der Waals surface area contributed by atoms with Crippen LogP contribution in [0.15, 0.2) is 94.0 Å². The first-order valence-corrected chi connectivity index (χ1v) is 12.3. The molecule has 170 valence electrons. The van der Waals surface area contributed by atoms with Gasteiger partial charge in [0.25, 0.3) is 5.91 Å². The maximum atomic E-state index is 13.3. The van der Waals surface area contributed by atoms with Crippen molar-refractivity contribution in [2.45, 2.75) is 12.8 Å². The van der Waals surface area contributed by atoms with Gasteiger partial charge in [-0.25, -0.2) is 4.39 Å². The van der Waals surface area contributed by atoms with Crippen molar-refractivity contribution in [1.82, 2.24) is 5.32 Å². The number of hydrogen-bond acceptors (Lipinski definition) is 6. The summed E-state index contributed by atoms with van der Waals surface area (Å²) >= 11 is 2.66. The number of carbonyl (C=O) groups is 2. The van der Waals surface area contributed by atoms with Crippen LogP contribution in [-0.4, -0.2) is 17.4 Å². The van der Waals surface area contributed by atoms with Crippen LogP contribution >= 0.6 is 23.1 Å². The van der Waals surface area contributed by atoms with E-state index in [2.05, 4.69) is 16.7 Å². The highest BCUT2D eigenvalue weighted by molar-refractivity contribution is 8.03. The van der Waals surface area contributed by atoms with Gasteiger partial charge in [-0.15, -0.1) is 11.3 Å². The zero-order chi connectivity index (χ0) is 24.1. The summed E-state index contributed by atoms with van der Waals surface area (Å²) in [5, 5.41) is 18.6. The second-order valence-corrected chi connectivity index (χ2v) is 9.47. The number of carbonyl (C=O) groups excluding carboxylic acids is 2. The quantitative estimate of drug-likeness (QED) is 0.408. The van der Waals surface area contributed by atoms with Gasteiger partial charge in [-0.3, -0.25) is 9.59 Å². The number of rotatable bonds is 7. The lowest BCUT2D eigenvalue weighted by Crippen LogP contribution is -2.30. The number of halogens is 1. The van der Waals surface area contributed by atoms with Crippen molar-refractivity contribution in [3.63, 3.8) is 0 Å². The average Bonchev–Trinajstić information content (AvgIpc) is 3.37. The van der Waals surface area contributed by atoms with Crippen LogP contribution < -0.4 is 10.6 Å². The zero-order valence-corrected chi connectivity index (χ0v) is 19.8. The number of anilines is 1. The van der Waals surface area contributed by atoms with E-state index in [1.807, 2.05) is 35.7 Å². The number of amides is 1. The van der Waals surface area contributed by atoms with Gasteiger partial charge in [0, 0.05) is 27.4 Å². The predicted octanol–water partition coefficient (Wildman–Crippen LogP) is 5.84. The summed E-state index contributed by atoms with van der Waals surface area (Å²) in [6.45, 7) is 1.79. The van der Waals surface area contributed by atoms with Gasteiger partial charge in [-0.2, -0.15) is 5.26 Å². The first kappa shape index (κ1) is 23.5. The maximum Gasteiger partial charge on any atom is 0.254 e. The maximum absolute atomic E-state index is 13.3. The third-order valence-electron chi connectivity index (χ3n) is 5.27. The summed E-state index contributed by atoms with van der Waals surface area (Å²) < 4.78 is 13.2. The van der Waals surface area contributed by atoms with Crippen molar-refractivity contribution < 1.29 is 14.0 Å². The van der Waals surface area contributed by atoms with Crippen LogP contribution in [0.3, 0.4) is 0 Å². The molecule has 0 fully saturated rings. The first-order chi connectivity index (χ1) is 16.5. The van der Waals surface area contributed by atoms with Crippen LogP contribution in [0.1, 0.15) is 28.1 Å². The van der Waals surface area contributed by atoms with Gasteiger partial charge in [-0.1, -0.05) is 36.0 Å². The molecule has 1 aliphatic rings. The molecule has 5 nitrogen and oxygen atoms in total. The molecule has 0 saturated carbocycles. The van der Waals surface area contributed by atoms with E-state index in [1.165, 1.54) is 47.4 Å². The van der Waals surface area contributed by atoms with E-state index in [0.717, 1.165) is 4.88 Å². The molecule has 1 aromatic heterocycles. The molecule has 0 spiro atoms. The Kier molecular flexibility index (Phi) is 7.26. The number of benzene rings is 2. The molecule has 0 aliphatic carbocycles. The van der Waals surface area contributed by atoms with Crippen molar-refractivity contribution in [2.24, 2.45) is 0 Å². The standard InChI is InChI=1S/C26H20FN3O2S2/c1-16-23(25(32)30-19-6-3-2-4-7-19)24(22-8-5-13-33-22)20(14-28)26(29-16)34-15-21(31)17-9-11-18(27)12-10-17/h2-13,24,29H,15H2,1H3,(H,30,32). The molecule has 8 heteroatoms. The van der Waals surface area contributed by atoms with Crippen LogP contribution in [-0.2, 0) is 4.79 Å². The normalized spacial score (nSPS) is 15.5. The second kappa shape index (κ2) is 10.5. The summed E-state index contributed by atoms with van der Waals surface area (Å²) in [6.07, 6.45) is 0.